The van der Waals surface area contributed by atoms with Crippen LogP contribution in [0.5, 0.6) is 0 Å². The first-order chi connectivity index (χ1) is 9.22. The van der Waals surface area contributed by atoms with Crippen LogP contribution < -0.4 is 0 Å². The van der Waals surface area contributed by atoms with E-state index in [4.69, 9.17) is 0 Å². The SMILES string of the molecule is CC1CCCC(O)(Cc2ccc(C(C)(C)C)cc2)C1C. The zero-order chi connectivity index (χ0) is 15.0. The molecule has 0 saturated heterocycles. The minimum atomic E-state index is -0.513. The van der Waals surface area contributed by atoms with Crippen LogP contribution in [0.3, 0.4) is 0 Å². The van der Waals surface area contributed by atoms with Gasteiger partial charge in [-0.05, 0) is 34.8 Å². The fraction of sp³-hybridized carbons (Fsp3) is 0.684. The predicted octanol–water partition coefficient (Wildman–Crippen LogP) is 4.71. The third-order valence-corrected chi connectivity index (χ3v) is 5.30. The van der Waals surface area contributed by atoms with E-state index < -0.39 is 5.60 Å². The smallest absolute Gasteiger partial charge is 0.0715 e. The molecule has 0 aromatic heterocycles. The Balaban J connectivity index is 2.13. The van der Waals surface area contributed by atoms with E-state index in [-0.39, 0.29) is 5.41 Å². The van der Waals surface area contributed by atoms with Crippen LogP contribution in [-0.4, -0.2) is 10.7 Å². The van der Waals surface area contributed by atoms with Crippen LogP contribution in [0.4, 0.5) is 0 Å². The van der Waals surface area contributed by atoms with Crippen LogP contribution in [-0.2, 0) is 11.8 Å². The van der Waals surface area contributed by atoms with E-state index in [1.54, 1.807) is 0 Å². The van der Waals surface area contributed by atoms with Gasteiger partial charge in [0.1, 0.15) is 0 Å². The predicted molar refractivity (Wildman–Crippen MR) is 86.0 cm³/mol. The summed E-state index contributed by atoms with van der Waals surface area (Å²) in [5.74, 6) is 1.01. The molecule has 2 rings (SSSR count). The first-order valence-electron chi connectivity index (χ1n) is 8.04. The summed E-state index contributed by atoms with van der Waals surface area (Å²) in [5.41, 5.74) is 2.31. The highest BCUT2D eigenvalue weighted by molar-refractivity contribution is 5.28. The molecule has 1 aromatic rings. The molecule has 3 unspecified atom stereocenters. The lowest BCUT2D eigenvalue weighted by Crippen LogP contribution is -2.44. The first kappa shape index (κ1) is 15.6. The van der Waals surface area contributed by atoms with Crippen molar-refractivity contribution in [2.45, 2.75) is 71.3 Å². The second-order valence-electron chi connectivity index (χ2n) is 7.89. The van der Waals surface area contributed by atoms with Crippen molar-refractivity contribution < 1.29 is 5.11 Å². The van der Waals surface area contributed by atoms with Crippen LogP contribution in [0.1, 0.15) is 65.0 Å². The highest BCUT2D eigenvalue weighted by Gasteiger charge is 2.39. The maximum atomic E-state index is 11.0. The van der Waals surface area contributed by atoms with Gasteiger partial charge in [-0.3, -0.25) is 0 Å². The van der Waals surface area contributed by atoms with Gasteiger partial charge in [-0.15, -0.1) is 0 Å². The normalized spacial score (nSPS) is 31.3. The minimum Gasteiger partial charge on any atom is -0.389 e. The largest absolute Gasteiger partial charge is 0.389 e. The van der Waals surface area contributed by atoms with E-state index in [1.807, 2.05) is 0 Å². The molecule has 1 fully saturated rings. The van der Waals surface area contributed by atoms with Crippen LogP contribution in [0.15, 0.2) is 24.3 Å². The molecule has 0 heterocycles. The summed E-state index contributed by atoms with van der Waals surface area (Å²) >= 11 is 0. The molecule has 1 heteroatoms. The third-order valence-electron chi connectivity index (χ3n) is 5.30. The lowest BCUT2D eigenvalue weighted by Gasteiger charge is -2.42. The molecule has 1 aliphatic carbocycles. The summed E-state index contributed by atoms with van der Waals surface area (Å²) in [6.45, 7) is 11.2. The molecule has 0 spiro atoms. The van der Waals surface area contributed by atoms with Crippen molar-refractivity contribution in [1.29, 1.82) is 0 Å². The number of hydrogen-bond acceptors (Lipinski definition) is 1. The fourth-order valence-corrected chi connectivity index (χ4v) is 3.46. The Bertz CT molecular complexity index is 440. The molecule has 20 heavy (non-hydrogen) atoms. The molecule has 0 radical (unpaired) electrons. The third kappa shape index (κ3) is 3.25. The lowest BCUT2D eigenvalue weighted by atomic mass is 9.68. The standard InChI is InChI=1S/C19H30O/c1-14-7-6-12-19(20,15(14)2)13-16-8-10-17(11-9-16)18(3,4)5/h8-11,14-15,20H,6-7,12-13H2,1-5H3. The van der Waals surface area contributed by atoms with Crippen LogP contribution in [0.2, 0.25) is 0 Å². The summed E-state index contributed by atoms with van der Waals surface area (Å²) in [7, 11) is 0. The van der Waals surface area contributed by atoms with Crippen molar-refractivity contribution in [3.8, 4) is 0 Å². The fourth-order valence-electron chi connectivity index (χ4n) is 3.46. The maximum Gasteiger partial charge on any atom is 0.0715 e. The van der Waals surface area contributed by atoms with Crippen molar-refractivity contribution in [3.05, 3.63) is 35.4 Å². The lowest BCUT2D eigenvalue weighted by molar-refractivity contribution is -0.0620. The molecule has 1 saturated carbocycles. The highest BCUT2D eigenvalue weighted by atomic mass is 16.3. The molecule has 3 atom stereocenters. The number of benzene rings is 1. The van der Waals surface area contributed by atoms with Gasteiger partial charge in [-0.1, -0.05) is 71.7 Å². The molecule has 0 amide bonds. The average Bonchev–Trinajstić information content (AvgIpc) is 2.35. The van der Waals surface area contributed by atoms with E-state index >= 15 is 0 Å². The Kier molecular flexibility index (Phi) is 4.30. The zero-order valence-electron chi connectivity index (χ0n) is 13.7. The van der Waals surface area contributed by atoms with Crippen molar-refractivity contribution in [1.82, 2.24) is 0 Å². The minimum absolute atomic E-state index is 0.197. The van der Waals surface area contributed by atoms with Crippen molar-refractivity contribution >= 4 is 0 Å². The maximum absolute atomic E-state index is 11.0. The first-order valence-corrected chi connectivity index (χ1v) is 8.04. The molecule has 1 N–H and O–H groups in total. The zero-order valence-corrected chi connectivity index (χ0v) is 13.7. The Hall–Kier alpha value is -0.820. The Labute approximate surface area is 124 Å². The quantitative estimate of drug-likeness (QED) is 0.827. The van der Waals surface area contributed by atoms with Gasteiger partial charge in [0.2, 0.25) is 0 Å². The molecule has 1 aliphatic rings. The van der Waals surface area contributed by atoms with Crippen molar-refractivity contribution in [2.24, 2.45) is 11.8 Å². The molecule has 0 aliphatic heterocycles. The summed E-state index contributed by atoms with van der Waals surface area (Å²) in [5, 5.41) is 11.0. The molecular formula is C19H30O. The summed E-state index contributed by atoms with van der Waals surface area (Å²) < 4.78 is 0. The van der Waals surface area contributed by atoms with Gasteiger partial charge in [-0.2, -0.15) is 0 Å². The number of rotatable bonds is 2. The topological polar surface area (TPSA) is 20.2 Å². The van der Waals surface area contributed by atoms with E-state index in [0.717, 1.165) is 19.3 Å². The van der Waals surface area contributed by atoms with Crippen molar-refractivity contribution in [3.63, 3.8) is 0 Å². The van der Waals surface area contributed by atoms with Gasteiger partial charge in [-0.25, -0.2) is 0 Å². The van der Waals surface area contributed by atoms with E-state index in [9.17, 15) is 5.11 Å². The van der Waals surface area contributed by atoms with E-state index in [1.165, 1.54) is 17.5 Å². The number of hydrogen-bond donors (Lipinski definition) is 1. The molecule has 0 bridgehead atoms. The summed E-state index contributed by atoms with van der Waals surface area (Å²) in [6.07, 6.45) is 4.15. The second kappa shape index (κ2) is 5.52. The van der Waals surface area contributed by atoms with Gasteiger partial charge in [0.05, 0.1) is 5.60 Å². The van der Waals surface area contributed by atoms with Gasteiger partial charge < -0.3 is 5.11 Å². The van der Waals surface area contributed by atoms with Gasteiger partial charge in [0.25, 0.3) is 0 Å². The monoisotopic (exact) mass is 274 g/mol. The Morgan fingerprint density at radius 1 is 1.15 bits per heavy atom. The number of aliphatic hydroxyl groups is 1. The molecule has 112 valence electrons. The molecule has 1 aromatic carbocycles. The van der Waals surface area contributed by atoms with Crippen LogP contribution >= 0.6 is 0 Å². The van der Waals surface area contributed by atoms with E-state index in [2.05, 4.69) is 58.9 Å². The van der Waals surface area contributed by atoms with Crippen LogP contribution in [0.25, 0.3) is 0 Å². The van der Waals surface area contributed by atoms with Gasteiger partial charge in [0, 0.05) is 6.42 Å². The van der Waals surface area contributed by atoms with Gasteiger partial charge >= 0.3 is 0 Å². The summed E-state index contributed by atoms with van der Waals surface area (Å²) in [4.78, 5) is 0. The van der Waals surface area contributed by atoms with Crippen molar-refractivity contribution in [2.75, 3.05) is 0 Å². The Morgan fingerprint density at radius 2 is 1.75 bits per heavy atom. The average molecular weight is 274 g/mol. The van der Waals surface area contributed by atoms with Crippen LogP contribution in [0, 0.1) is 11.8 Å². The highest BCUT2D eigenvalue weighted by Crippen LogP contribution is 2.39. The van der Waals surface area contributed by atoms with E-state index in [0.29, 0.717) is 11.8 Å². The molecular weight excluding hydrogens is 244 g/mol. The molecule has 1 nitrogen and oxygen atoms in total. The Morgan fingerprint density at radius 3 is 2.30 bits per heavy atom. The van der Waals surface area contributed by atoms with Gasteiger partial charge in [0.15, 0.2) is 0 Å². The summed E-state index contributed by atoms with van der Waals surface area (Å²) in [6, 6.07) is 8.83. The second-order valence-corrected chi connectivity index (χ2v) is 7.89.